The van der Waals surface area contributed by atoms with E-state index in [2.05, 4.69) is 4.98 Å². The number of anilines is 1. The van der Waals surface area contributed by atoms with Gasteiger partial charge in [0, 0.05) is 37.4 Å². The highest BCUT2D eigenvalue weighted by atomic mass is 35.5. The van der Waals surface area contributed by atoms with Crippen molar-refractivity contribution in [1.82, 2.24) is 14.9 Å². The van der Waals surface area contributed by atoms with Gasteiger partial charge in [-0.3, -0.25) is 4.79 Å². The highest BCUT2D eigenvalue weighted by Crippen LogP contribution is 2.37. The average Bonchev–Trinajstić information content (AvgIpc) is 3.25. The molecule has 1 saturated heterocycles. The second-order valence-corrected chi connectivity index (χ2v) is 8.36. The van der Waals surface area contributed by atoms with Gasteiger partial charge in [-0.2, -0.15) is 0 Å². The van der Waals surface area contributed by atoms with E-state index >= 15 is 0 Å². The van der Waals surface area contributed by atoms with Gasteiger partial charge in [-0.25, -0.2) is 14.4 Å². The minimum Gasteiger partial charge on any atom is -0.347 e. The molecule has 0 spiro atoms. The van der Waals surface area contributed by atoms with Gasteiger partial charge >= 0.3 is 0 Å². The van der Waals surface area contributed by atoms with E-state index in [0.717, 1.165) is 35.2 Å². The molecule has 2 heterocycles. The van der Waals surface area contributed by atoms with Crippen LogP contribution in [0, 0.1) is 5.82 Å². The number of rotatable bonds is 5. The summed E-state index contributed by atoms with van der Waals surface area (Å²) in [6, 6.07) is 13.5. The lowest BCUT2D eigenvalue weighted by molar-refractivity contribution is -0.131. The average molecular weight is 439 g/mol. The third-order valence-corrected chi connectivity index (χ3v) is 5.77. The molecule has 31 heavy (non-hydrogen) atoms. The number of hydrogen-bond donors (Lipinski definition) is 0. The number of carbonyl (C=O) groups excluding carboxylic acids is 1. The zero-order chi connectivity index (χ0) is 22.0. The summed E-state index contributed by atoms with van der Waals surface area (Å²) in [6.07, 6.45) is 3.79. The van der Waals surface area contributed by atoms with Crippen LogP contribution < -0.4 is 4.90 Å². The summed E-state index contributed by atoms with van der Waals surface area (Å²) in [5.74, 6) is 0.312. The number of aromatic nitrogens is 2. The first-order chi connectivity index (χ1) is 14.9. The predicted molar refractivity (Wildman–Crippen MR) is 121 cm³/mol. The number of hydrogen-bond acceptors (Lipinski definition) is 4. The van der Waals surface area contributed by atoms with E-state index < -0.39 is 0 Å². The third kappa shape index (κ3) is 4.69. The van der Waals surface area contributed by atoms with Crippen molar-refractivity contribution in [2.24, 2.45) is 0 Å². The zero-order valence-electron chi connectivity index (χ0n) is 17.6. The highest BCUT2D eigenvalue weighted by molar-refractivity contribution is 6.30. The van der Waals surface area contributed by atoms with Crippen LogP contribution in [0.5, 0.6) is 0 Å². The second-order valence-electron chi connectivity index (χ2n) is 7.92. The van der Waals surface area contributed by atoms with Crippen molar-refractivity contribution in [3.8, 4) is 11.1 Å². The monoisotopic (exact) mass is 438 g/mol. The van der Waals surface area contributed by atoms with Gasteiger partial charge in [0.25, 0.3) is 0 Å². The van der Waals surface area contributed by atoms with Crippen LogP contribution in [0.4, 0.5) is 10.3 Å². The molecular weight excluding hydrogens is 415 g/mol. The molecule has 0 radical (unpaired) electrons. The fourth-order valence-electron chi connectivity index (χ4n) is 3.93. The lowest BCUT2D eigenvalue weighted by Crippen LogP contribution is -2.32. The van der Waals surface area contributed by atoms with Crippen molar-refractivity contribution >= 4 is 23.5 Å². The van der Waals surface area contributed by atoms with Crippen molar-refractivity contribution in [3.63, 3.8) is 0 Å². The summed E-state index contributed by atoms with van der Waals surface area (Å²) >= 11 is 6.07. The molecule has 0 N–H and O–H groups in total. The summed E-state index contributed by atoms with van der Waals surface area (Å²) in [4.78, 5) is 26.2. The lowest BCUT2D eigenvalue weighted by Gasteiger charge is -2.27. The molecule has 1 aliphatic heterocycles. The Labute approximate surface area is 186 Å². The molecule has 2 aromatic carbocycles. The Morgan fingerprint density at radius 2 is 1.87 bits per heavy atom. The summed E-state index contributed by atoms with van der Waals surface area (Å²) in [5.41, 5.74) is 3.49. The number of halogens is 2. The van der Waals surface area contributed by atoms with Crippen LogP contribution >= 0.6 is 11.6 Å². The maximum atomic E-state index is 13.2. The topological polar surface area (TPSA) is 49.3 Å². The maximum absolute atomic E-state index is 13.2. The Hall–Kier alpha value is -2.99. The SMILES string of the molecule is CN(C)c1ncc(-c2ccc(Cl)cc2)c([C@H]2CCCN2C(=O)Cc2ccc(F)cc2)n1. The molecule has 0 aliphatic carbocycles. The predicted octanol–water partition coefficient (Wildman–Crippen LogP) is 4.91. The fraction of sp³-hybridized carbons (Fsp3) is 0.292. The standard InChI is InChI=1S/C24H24ClFN4O/c1-29(2)24-27-15-20(17-7-9-18(25)10-8-17)23(28-24)21-4-3-13-30(21)22(31)14-16-5-11-19(26)12-6-16/h5-12,15,21H,3-4,13-14H2,1-2H3/t21-/m1/s1. The number of likely N-dealkylation sites (tertiary alicyclic amines) is 1. The number of amides is 1. The van der Waals surface area contributed by atoms with Crippen LogP contribution in [0.3, 0.4) is 0 Å². The molecule has 0 unspecified atom stereocenters. The molecule has 1 fully saturated rings. The largest absolute Gasteiger partial charge is 0.347 e. The minimum absolute atomic E-state index is 0.0150. The Morgan fingerprint density at radius 3 is 2.55 bits per heavy atom. The molecule has 5 nitrogen and oxygen atoms in total. The molecule has 1 aliphatic rings. The van der Waals surface area contributed by atoms with Gasteiger partial charge in [0.15, 0.2) is 0 Å². The van der Waals surface area contributed by atoms with Crippen LogP contribution in [-0.4, -0.2) is 41.4 Å². The molecule has 1 atom stereocenters. The number of benzene rings is 2. The van der Waals surface area contributed by atoms with E-state index in [1.807, 2.05) is 54.4 Å². The van der Waals surface area contributed by atoms with E-state index in [1.165, 1.54) is 12.1 Å². The van der Waals surface area contributed by atoms with Crippen LogP contribution in [0.15, 0.2) is 54.7 Å². The Bertz CT molecular complexity index is 1070. The van der Waals surface area contributed by atoms with Crippen molar-refractivity contribution in [2.45, 2.75) is 25.3 Å². The molecule has 1 amide bonds. The first-order valence-electron chi connectivity index (χ1n) is 10.3. The molecule has 3 aromatic rings. The van der Waals surface area contributed by atoms with Gasteiger partial charge in [0.1, 0.15) is 5.82 Å². The van der Waals surface area contributed by atoms with Crippen molar-refractivity contribution in [3.05, 3.63) is 76.8 Å². The summed E-state index contributed by atoms with van der Waals surface area (Å²) in [7, 11) is 3.79. The first kappa shape index (κ1) is 21.2. The molecule has 4 rings (SSSR count). The molecule has 0 saturated carbocycles. The van der Waals surface area contributed by atoms with Gasteiger partial charge < -0.3 is 9.80 Å². The minimum atomic E-state index is -0.306. The molecule has 1 aromatic heterocycles. The second kappa shape index (κ2) is 9.02. The fourth-order valence-corrected chi connectivity index (χ4v) is 4.06. The molecular formula is C24H24ClFN4O. The first-order valence-corrected chi connectivity index (χ1v) is 10.6. The van der Waals surface area contributed by atoms with E-state index in [1.54, 1.807) is 12.1 Å². The number of nitrogens with zero attached hydrogens (tertiary/aromatic N) is 4. The Balaban J connectivity index is 1.68. The van der Waals surface area contributed by atoms with Crippen LogP contribution in [0.2, 0.25) is 5.02 Å². The summed E-state index contributed by atoms with van der Waals surface area (Å²) < 4.78 is 13.2. The maximum Gasteiger partial charge on any atom is 0.227 e. The summed E-state index contributed by atoms with van der Waals surface area (Å²) in [5, 5.41) is 0.660. The van der Waals surface area contributed by atoms with Crippen molar-refractivity contribution in [1.29, 1.82) is 0 Å². The van der Waals surface area contributed by atoms with Gasteiger partial charge in [-0.15, -0.1) is 0 Å². The van der Waals surface area contributed by atoms with Crippen LogP contribution in [0.1, 0.15) is 30.1 Å². The van der Waals surface area contributed by atoms with Crippen LogP contribution in [-0.2, 0) is 11.2 Å². The Kier molecular flexibility index (Phi) is 6.18. The molecule has 7 heteroatoms. The number of carbonyl (C=O) groups is 1. The lowest BCUT2D eigenvalue weighted by atomic mass is 9.99. The van der Waals surface area contributed by atoms with E-state index in [-0.39, 0.29) is 24.2 Å². The van der Waals surface area contributed by atoms with E-state index in [0.29, 0.717) is 17.5 Å². The Morgan fingerprint density at radius 1 is 1.16 bits per heavy atom. The van der Waals surface area contributed by atoms with E-state index in [4.69, 9.17) is 16.6 Å². The third-order valence-electron chi connectivity index (χ3n) is 5.52. The summed E-state index contributed by atoms with van der Waals surface area (Å²) in [6.45, 7) is 0.673. The normalized spacial score (nSPS) is 15.9. The van der Waals surface area contributed by atoms with Gasteiger partial charge in [-0.1, -0.05) is 35.9 Å². The van der Waals surface area contributed by atoms with Crippen molar-refractivity contribution < 1.29 is 9.18 Å². The molecule has 160 valence electrons. The highest BCUT2D eigenvalue weighted by Gasteiger charge is 2.33. The van der Waals surface area contributed by atoms with Crippen molar-refractivity contribution in [2.75, 3.05) is 25.5 Å². The van der Waals surface area contributed by atoms with Crippen LogP contribution in [0.25, 0.3) is 11.1 Å². The van der Waals surface area contributed by atoms with Gasteiger partial charge in [-0.05, 0) is 48.2 Å². The molecule has 0 bridgehead atoms. The zero-order valence-corrected chi connectivity index (χ0v) is 18.3. The van der Waals surface area contributed by atoms with Gasteiger partial charge in [0.05, 0.1) is 18.2 Å². The van der Waals surface area contributed by atoms with E-state index in [9.17, 15) is 9.18 Å². The smallest absolute Gasteiger partial charge is 0.227 e. The quantitative estimate of drug-likeness (QED) is 0.568. The van der Waals surface area contributed by atoms with Gasteiger partial charge in [0.2, 0.25) is 11.9 Å².